The van der Waals surface area contributed by atoms with E-state index in [2.05, 4.69) is 13.8 Å². The van der Waals surface area contributed by atoms with Crippen LogP contribution in [0.5, 0.6) is 0 Å². The Hall–Kier alpha value is -0.320. The Morgan fingerprint density at radius 3 is 2.09 bits per heavy atom. The van der Waals surface area contributed by atoms with Crippen molar-refractivity contribution < 1.29 is 22.7 Å². The molecular weight excluding hydrogens is 296 g/mol. The normalized spacial score (nSPS) is 58.9. The topological polar surface area (TPSA) is 20.2 Å². The molecule has 0 spiro atoms. The van der Waals surface area contributed by atoms with Gasteiger partial charge in [-0.1, -0.05) is 13.8 Å². The molecule has 0 aliphatic heterocycles. The first kappa shape index (κ1) is 15.2. The average Bonchev–Trinajstić information content (AvgIpc) is 3.07. The number of halogens is 4. The van der Waals surface area contributed by atoms with Crippen molar-refractivity contribution >= 4 is 0 Å². The van der Waals surface area contributed by atoms with E-state index in [0.717, 1.165) is 6.42 Å². The van der Waals surface area contributed by atoms with E-state index >= 15 is 4.39 Å². The molecule has 0 aromatic heterocycles. The minimum Gasteiger partial charge on any atom is -0.378 e. The second kappa shape index (κ2) is 4.01. The molecule has 4 bridgehead atoms. The van der Waals surface area contributed by atoms with E-state index < -0.39 is 23.4 Å². The molecule has 126 valence electrons. The van der Waals surface area contributed by atoms with E-state index in [0.29, 0.717) is 42.9 Å². The van der Waals surface area contributed by atoms with E-state index in [4.69, 9.17) is 0 Å². The van der Waals surface area contributed by atoms with Gasteiger partial charge >= 0.3 is 6.18 Å². The third-order valence-electron chi connectivity index (χ3n) is 8.23. The lowest BCUT2D eigenvalue weighted by molar-refractivity contribution is -0.309. The highest BCUT2D eigenvalue weighted by Gasteiger charge is 2.77. The van der Waals surface area contributed by atoms with Crippen LogP contribution in [0.15, 0.2) is 0 Å². The summed E-state index contributed by atoms with van der Waals surface area (Å²) in [6.07, 6.45) is -3.45. The number of hydrogen-bond donors (Lipinski definition) is 1. The minimum atomic E-state index is -4.92. The summed E-state index contributed by atoms with van der Waals surface area (Å²) in [5.41, 5.74) is -5.74. The lowest BCUT2D eigenvalue weighted by atomic mass is 9.58. The van der Waals surface area contributed by atoms with Gasteiger partial charge in [0.15, 0.2) is 11.3 Å². The van der Waals surface area contributed by atoms with Crippen molar-refractivity contribution in [3.8, 4) is 0 Å². The zero-order valence-corrected chi connectivity index (χ0v) is 13.2. The van der Waals surface area contributed by atoms with Gasteiger partial charge in [-0.2, -0.15) is 13.2 Å². The highest BCUT2D eigenvalue weighted by Crippen LogP contribution is 2.74. The summed E-state index contributed by atoms with van der Waals surface area (Å²) in [7, 11) is 0. The summed E-state index contributed by atoms with van der Waals surface area (Å²) < 4.78 is 55.2. The van der Waals surface area contributed by atoms with Crippen molar-refractivity contribution in [2.75, 3.05) is 0 Å². The molecule has 4 fully saturated rings. The molecule has 1 nitrogen and oxygen atoms in total. The third-order valence-corrected chi connectivity index (χ3v) is 8.23. The van der Waals surface area contributed by atoms with Gasteiger partial charge < -0.3 is 5.11 Å². The second-order valence-corrected chi connectivity index (χ2v) is 8.68. The van der Waals surface area contributed by atoms with Crippen molar-refractivity contribution in [2.24, 2.45) is 47.3 Å². The average molecular weight is 320 g/mol. The standard InChI is InChI=1S/C17H24F4O/c1-7-8(2)11-5-10(7)13-9-4-12(14(11)13)16(18,6-9)15(3,22)17(19,20)21/h7-14,22H,4-6H2,1-3H3. The number of hydrogen-bond acceptors (Lipinski definition) is 1. The molecule has 0 radical (unpaired) electrons. The van der Waals surface area contributed by atoms with Crippen LogP contribution >= 0.6 is 0 Å². The van der Waals surface area contributed by atoms with Gasteiger partial charge in [0.1, 0.15) is 0 Å². The summed E-state index contributed by atoms with van der Waals surface area (Å²) >= 11 is 0. The maximum absolute atomic E-state index is 15.5. The molecule has 0 saturated heterocycles. The monoisotopic (exact) mass is 320 g/mol. The third kappa shape index (κ3) is 1.46. The van der Waals surface area contributed by atoms with E-state index in [-0.39, 0.29) is 18.3 Å². The van der Waals surface area contributed by atoms with Crippen LogP contribution in [-0.2, 0) is 0 Å². The molecule has 10 atom stereocenters. The van der Waals surface area contributed by atoms with Crippen molar-refractivity contribution in [1.82, 2.24) is 0 Å². The second-order valence-electron chi connectivity index (χ2n) is 8.68. The van der Waals surface area contributed by atoms with Crippen LogP contribution in [-0.4, -0.2) is 22.6 Å². The Kier molecular flexibility index (Phi) is 2.78. The summed E-state index contributed by atoms with van der Waals surface area (Å²) in [6.45, 7) is 5.05. The van der Waals surface area contributed by atoms with Gasteiger partial charge in [0.05, 0.1) is 0 Å². The molecule has 0 aromatic rings. The SMILES string of the molecule is CC1C(C)C2CC1C1C3CC(C21)C(F)(C(C)(O)C(F)(F)F)C3. The Morgan fingerprint density at radius 2 is 1.55 bits per heavy atom. The largest absolute Gasteiger partial charge is 0.420 e. The van der Waals surface area contributed by atoms with Crippen molar-refractivity contribution in [3.05, 3.63) is 0 Å². The van der Waals surface area contributed by atoms with Gasteiger partial charge in [0.2, 0.25) is 0 Å². The van der Waals surface area contributed by atoms with Crippen LogP contribution in [0.25, 0.3) is 0 Å². The van der Waals surface area contributed by atoms with Crippen molar-refractivity contribution in [2.45, 2.75) is 57.5 Å². The molecule has 4 aliphatic rings. The first-order chi connectivity index (χ1) is 10.0. The van der Waals surface area contributed by atoms with Crippen LogP contribution < -0.4 is 0 Å². The minimum absolute atomic E-state index is 0.0266. The van der Waals surface area contributed by atoms with Crippen molar-refractivity contribution in [3.63, 3.8) is 0 Å². The molecule has 0 aromatic carbocycles. The Balaban J connectivity index is 1.70. The summed E-state index contributed by atoms with van der Waals surface area (Å²) in [5, 5.41) is 10.0. The van der Waals surface area contributed by atoms with Crippen LogP contribution in [0.1, 0.15) is 40.0 Å². The number of rotatable bonds is 1. The Bertz CT molecular complexity index is 501. The predicted molar refractivity (Wildman–Crippen MR) is 73.6 cm³/mol. The van der Waals surface area contributed by atoms with Crippen LogP contribution in [0.4, 0.5) is 17.6 Å². The van der Waals surface area contributed by atoms with Gasteiger partial charge in [-0.3, -0.25) is 0 Å². The van der Waals surface area contributed by atoms with Gasteiger partial charge in [-0.15, -0.1) is 0 Å². The fourth-order valence-corrected chi connectivity index (χ4v) is 7.02. The summed E-state index contributed by atoms with van der Waals surface area (Å²) in [4.78, 5) is 0. The van der Waals surface area contributed by atoms with Gasteiger partial charge in [-0.05, 0) is 73.5 Å². The summed E-state index contributed by atoms with van der Waals surface area (Å²) in [6, 6.07) is 0. The Morgan fingerprint density at radius 1 is 1.00 bits per heavy atom. The van der Waals surface area contributed by atoms with Gasteiger partial charge in [-0.25, -0.2) is 4.39 Å². The number of aliphatic hydroxyl groups is 1. The molecule has 5 heteroatoms. The fourth-order valence-electron chi connectivity index (χ4n) is 7.02. The highest BCUT2D eigenvalue weighted by molar-refractivity contribution is 5.22. The molecule has 4 saturated carbocycles. The van der Waals surface area contributed by atoms with E-state index in [1.165, 1.54) is 0 Å². The number of fused-ring (bicyclic) bond motifs is 9. The molecule has 0 heterocycles. The van der Waals surface area contributed by atoms with E-state index in [1.54, 1.807) is 0 Å². The highest BCUT2D eigenvalue weighted by atomic mass is 19.4. The predicted octanol–water partition coefficient (Wildman–Crippen LogP) is 4.20. The molecule has 1 N–H and O–H groups in total. The molecule has 0 amide bonds. The van der Waals surface area contributed by atoms with Crippen LogP contribution in [0.3, 0.4) is 0 Å². The molecule has 4 aliphatic carbocycles. The van der Waals surface area contributed by atoms with Crippen molar-refractivity contribution in [1.29, 1.82) is 0 Å². The lowest BCUT2D eigenvalue weighted by Crippen LogP contribution is -2.63. The van der Waals surface area contributed by atoms with Crippen LogP contribution in [0.2, 0.25) is 0 Å². The quantitative estimate of drug-likeness (QED) is 0.567. The zero-order chi connectivity index (χ0) is 16.2. The zero-order valence-electron chi connectivity index (χ0n) is 13.2. The smallest absolute Gasteiger partial charge is 0.378 e. The van der Waals surface area contributed by atoms with E-state index in [9.17, 15) is 18.3 Å². The maximum atomic E-state index is 15.5. The maximum Gasteiger partial charge on any atom is 0.420 e. The lowest BCUT2D eigenvalue weighted by Gasteiger charge is -2.50. The molecule has 4 rings (SSSR count). The van der Waals surface area contributed by atoms with Gasteiger partial charge in [0, 0.05) is 0 Å². The summed E-state index contributed by atoms with van der Waals surface area (Å²) in [5.74, 6) is 1.82. The fraction of sp³-hybridized carbons (Fsp3) is 1.00. The van der Waals surface area contributed by atoms with E-state index in [1.807, 2.05) is 0 Å². The Labute approximate surface area is 128 Å². The molecule has 10 unspecified atom stereocenters. The number of alkyl halides is 4. The molecular formula is C17H24F4O. The first-order valence-electron chi connectivity index (χ1n) is 8.48. The van der Waals surface area contributed by atoms with Crippen LogP contribution in [0, 0.1) is 47.3 Å². The first-order valence-corrected chi connectivity index (χ1v) is 8.48. The van der Waals surface area contributed by atoms with Gasteiger partial charge in [0.25, 0.3) is 0 Å². The molecule has 22 heavy (non-hydrogen) atoms.